The summed E-state index contributed by atoms with van der Waals surface area (Å²) in [6.45, 7) is 3.72. The third-order valence-electron chi connectivity index (χ3n) is 10.8. The second-order valence-electron chi connectivity index (χ2n) is 13.9. The molecule has 4 heterocycles. The van der Waals surface area contributed by atoms with Gasteiger partial charge in [-0.3, -0.25) is 4.90 Å². The highest BCUT2D eigenvalue weighted by molar-refractivity contribution is 5.66. The van der Waals surface area contributed by atoms with Gasteiger partial charge in [-0.25, -0.2) is 0 Å². The summed E-state index contributed by atoms with van der Waals surface area (Å²) < 4.78 is 37.8. The minimum atomic E-state index is -1.08. The van der Waals surface area contributed by atoms with Crippen molar-refractivity contribution in [1.82, 2.24) is 4.90 Å². The Labute approximate surface area is 299 Å². The van der Waals surface area contributed by atoms with E-state index in [0.717, 1.165) is 46.3 Å². The molecule has 0 aliphatic carbocycles. The van der Waals surface area contributed by atoms with Crippen LogP contribution in [0.4, 0.5) is 0 Å². The van der Waals surface area contributed by atoms with Gasteiger partial charge in [0, 0.05) is 36.6 Å². The van der Waals surface area contributed by atoms with E-state index in [-0.39, 0.29) is 23.1 Å². The number of carbonyl (C=O) groups is 1. The first-order valence-electron chi connectivity index (χ1n) is 17.6. The molecule has 4 aliphatic heterocycles. The number of rotatable bonds is 7. The first-order chi connectivity index (χ1) is 24.6. The van der Waals surface area contributed by atoms with Crippen LogP contribution in [0.15, 0.2) is 60.7 Å². The van der Waals surface area contributed by atoms with E-state index in [0.29, 0.717) is 78.4 Å². The summed E-state index contributed by atoms with van der Waals surface area (Å²) in [5, 5.41) is 12.2. The highest BCUT2D eigenvalue weighted by Gasteiger charge is 2.41. The summed E-state index contributed by atoms with van der Waals surface area (Å²) >= 11 is 0. The summed E-state index contributed by atoms with van der Waals surface area (Å²) in [5.74, 6) is 3.71. The monoisotopic (exact) mass is 694 g/mol. The molecule has 0 fully saturated rings. The molecular formula is C41H46N2O8. The molecule has 51 heavy (non-hydrogen) atoms. The first kappa shape index (κ1) is 34.5. The van der Waals surface area contributed by atoms with Crippen molar-refractivity contribution in [2.45, 2.75) is 44.7 Å². The standard InChI is InChI=1S/C41H46N2O8/c1-7-49-40-37(48-6)22-28-14-16-42(2)31-18-26-10-13-33(46-4)35(20-26)50-29-11-8-25(9-12-29)19-32-30-23-36(51-41(40)39(28)31)34(47-5)21-27(30)15-17-43(32,3)24-38(44)45/h8-13,20-23,31-32H,7,14-19,24H2,1-6H3. The maximum absolute atomic E-state index is 12.2. The third kappa shape index (κ3) is 6.54. The lowest BCUT2D eigenvalue weighted by molar-refractivity contribution is -0.936. The summed E-state index contributed by atoms with van der Waals surface area (Å²) in [4.78, 5) is 14.5. The molecule has 4 aromatic carbocycles. The Morgan fingerprint density at radius 2 is 1.57 bits per heavy atom. The quantitative estimate of drug-likeness (QED) is 0.222. The molecule has 3 atom stereocenters. The Bertz CT molecular complexity index is 1940. The van der Waals surface area contributed by atoms with Crippen LogP contribution in [0.1, 0.15) is 52.4 Å². The molecule has 10 heteroatoms. The van der Waals surface area contributed by atoms with E-state index in [9.17, 15) is 9.90 Å². The van der Waals surface area contributed by atoms with Gasteiger partial charge in [-0.15, -0.1) is 0 Å². The Hall–Kier alpha value is -4.93. The molecule has 4 aromatic rings. The molecule has 0 radical (unpaired) electrons. The van der Waals surface area contributed by atoms with Gasteiger partial charge in [-0.1, -0.05) is 18.2 Å². The van der Waals surface area contributed by atoms with Crippen molar-refractivity contribution in [3.8, 4) is 46.0 Å². The number of carboxylic acid groups (broad SMARTS) is 1. The molecule has 0 amide bonds. The minimum Gasteiger partial charge on any atom is -0.544 e. The minimum absolute atomic E-state index is 0.0762. The number of likely N-dealkylation sites (N-methyl/N-ethyl adjacent to an activating group) is 2. The van der Waals surface area contributed by atoms with Crippen molar-refractivity contribution >= 4 is 5.97 Å². The first-order valence-corrected chi connectivity index (χ1v) is 17.6. The Morgan fingerprint density at radius 3 is 2.27 bits per heavy atom. The molecule has 0 aromatic heterocycles. The number of hydrogen-bond donors (Lipinski definition) is 0. The van der Waals surface area contributed by atoms with E-state index in [1.54, 1.807) is 21.3 Å². The van der Waals surface area contributed by atoms with Gasteiger partial charge in [-0.05, 0) is 91.5 Å². The normalized spacial score (nSPS) is 20.9. The van der Waals surface area contributed by atoms with Crippen molar-refractivity contribution in [2.24, 2.45) is 0 Å². The Kier molecular flexibility index (Phi) is 9.48. The second-order valence-corrected chi connectivity index (χ2v) is 13.9. The number of ether oxygens (including phenoxy) is 6. The van der Waals surface area contributed by atoms with Crippen molar-refractivity contribution in [1.29, 1.82) is 0 Å². The largest absolute Gasteiger partial charge is 0.544 e. The van der Waals surface area contributed by atoms with E-state index < -0.39 is 5.97 Å². The van der Waals surface area contributed by atoms with Crippen molar-refractivity contribution < 1.29 is 42.8 Å². The van der Waals surface area contributed by atoms with Crippen molar-refractivity contribution in [3.63, 3.8) is 0 Å². The highest BCUT2D eigenvalue weighted by atomic mass is 16.6. The molecule has 8 rings (SSSR count). The smallest absolute Gasteiger partial charge is 0.204 e. The number of benzene rings is 4. The molecule has 0 saturated carbocycles. The Balaban J connectivity index is 1.49. The van der Waals surface area contributed by atoms with Gasteiger partial charge >= 0.3 is 0 Å². The summed E-state index contributed by atoms with van der Waals surface area (Å²) in [7, 11) is 9.08. The average molecular weight is 695 g/mol. The van der Waals surface area contributed by atoms with Gasteiger partial charge in [0.1, 0.15) is 18.3 Å². The predicted octanol–water partition coefficient (Wildman–Crippen LogP) is 5.82. The number of nitrogens with zero attached hydrogens (tertiary/aromatic N) is 2. The van der Waals surface area contributed by atoms with Gasteiger partial charge in [0.25, 0.3) is 0 Å². The fraction of sp³-hybridized carbons (Fsp3) is 0.390. The van der Waals surface area contributed by atoms with Crippen LogP contribution in [0.3, 0.4) is 0 Å². The summed E-state index contributed by atoms with van der Waals surface area (Å²) in [6.07, 6.45) is 2.74. The second kappa shape index (κ2) is 14.0. The van der Waals surface area contributed by atoms with Crippen LogP contribution in [0.25, 0.3) is 0 Å². The van der Waals surface area contributed by atoms with Crippen LogP contribution in [0.2, 0.25) is 0 Å². The van der Waals surface area contributed by atoms with E-state index in [1.165, 1.54) is 0 Å². The molecule has 3 unspecified atom stereocenters. The molecule has 268 valence electrons. The molecule has 0 spiro atoms. The van der Waals surface area contributed by atoms with E-state index in [2.05, 4.69) is 24.1 Å². The summed E-state index contributed by atoms with van der Waals surface area (Å²) in [5.41, 5.74) is 6.40. The van der Waals surface area contributed by atoms with Gasteiger partial charge in [-0.2, -0.15) is 0 Å². The molecular weight excluding hydrogens is 648 g/mol. The van der Waals surface area contributed by atoms with Crippen molar-refractivity contribution in [3.05, 3.63) is 94.0 Å². The number of quaternary nitrogens is 1. The number of carboxylic acids is 1. The summed E-state index contributed by atoms with van der Waals surface area (Å²) in [6, 6.07) is 20.0. The van der Waals surface area contributed by atoms with E-state index in [4.69, 9.17) is 28.4 Å². The zero-order valence-corrected chi connectivity index (χ0v) is 30.2. The Morgan fingerprint density at radius 1 is 0.863 bits per heavy atom. The van der Waals surface area contributed by atoms with Crippen LogP contribution >= 0.6 is 0 Å². The maximum Gasteiger partial charge on any atom is 0.204 e. The lowest BCUT2D eigenvalue weighted by Gasteiger charge is -2.46. The highest BCUT2D eigenvalue weighted by Crippen LogP contribution is 2.52. The lowest BCUT2D eigenvalue weighted by Crippen LogP contribution is -2.56. The number of carbonyl (C=O) groups excluding carboxylic acids is 1. The molecule has 4 aliphatic rings. The maximum atomic E-state index is 12.2. The number of aliphatic carboxylic acids is 1. The van der Waals surface area contributed by atoms with Gasteiger partial charge in [0.15, 0.2) is 34.5 Å². The number of methoxy groups -OCH3 is 3. The van der Waals surface area contributed by atoms with Crippen LogP contribution in [0, 0.1) is 0 Å². The fourth-order valence-corrected chi connectivity index (χ4v) is 8.09. The van der Waals surface area contributed by atoms with Gasteiger partial charge in [0.2, 0.25) is 5.75 Å². The zero-order chi connectivity index (χ0) is 35.9. The molecule has 0 N–H and O–H groups in total. The SMILES string of the molecule is CCOc1c(OC)cc2c3c1Oc1cc4c(cc1OC)CC[N+](C)(CC(=O)[O-])C4Cc1ccc(cc1)Oc1cc(ccc1OC)CC3N(C)CC2. The zero-order valence-electron chi connectivity index (χ0n) is 30.2. The third-order valence-corrected chi connectivity index (χ3v) is 10.8. The fourth-order valence-electron chi connectivity index (χ4n) is 8.09. The van der Waals surface area contributed by atoms with Gasteiger partial charge in [0.05, 0.1) is 47.5 Å². The molecule has 6 bridgehead atoms. The average Bonchev–Trinajstić information content (AvgIpc) is 3.11. The molecule has 10 nitrogen and oxygen atoms in total. The van der Waals surface area contributed by atoms with E-state index >= 15 is 0 Å². The van der Waals surface area contributed by atoms with Crippen LogP contribution < -0.4 is 33.5 Å². The lowest BCUT2D eigenvalue weighted by atomic mass is 9.86. The van der Waals surface area contributed by atoms with E-state index in [1.807, 2.05) is 62.5 Å². The van der Waals surface area contributed by atoms with Crippen LogP contribution in [-0.2, 0) is 30.5 Å². The number of fused-ring (bicyclic) bond motifs is 2. The van der Waals surface area contributed by atoms with Crippen LogP contribution in [0.5, 0.6) is 46.0 Å². The molecule has 0 saturated heterocycles. The van der Waals surface area contributed by atoms with Crippen LogP contribution in [-0.4, -0.2) is 77.0 Å². The van der Waals surface area contributed by atoms with Crippen molar-refractivity contribution in [2.75, 3.05) is 61.7 Å². The number of hydrogen-bond acceptors (Lipinski definition) is 9. The predicted molar refractivity (Wildman–Crippen MR) is 191 cm³/mol. The van der Waals surface area contributed by atoms with Gasteiger partial charge < -0.3 is 42.8 Å². The topological polar surface area (TPSA) is 98.8 Å².